The van der Waals surface area contributed by atoms with E-state index in [1.165, 1.54) is 11.0 Å². The van der Waals surface area contributed by atoms with Gasteiger partial charge in [0.05, 0.1) is 24.1 Å². The van der Waals surface area contributed by atoms with Crippen molar-refractivity contribution in [3.63, 3.8) is 0 Å². The number of carbonyl (C=O) groups excluding carboxylic acids is 2. The van der Waals surface area contributed by atoms with Gasteiger partial charge < -0.3 is 10.0 Å². The quantitative estimate of drug-likeness (QED) is 0.627. The molecule has 0 unspecified atom stereocenters. The normalized spacial score (nSPS) is 16.9. The number of ketones is 1. The van der Waals surface area contributed by atoms with E-state index in [9.17, 15) is 9.59 Å². The number of halogens is 1. The summed E-state index contributed by atoms with van der Waals surface area (Å²) in [6.45, 7) is 1.84. The van der Waals surface area contributed by atoms with Crippen molar-refractivity contribution >= 4 is 29.0 Å². The molecule has 0 atom stereocenters. The smallest absolute Gasteiger partial charge is 0.227 e. The van der Waals surface area contributed by atoms with E-state index in [1.807, 2.05) is 0 Å². The zero-order valence-electron chi connectivity index (χ0n) is 9.81. The zero-order chi connectivity index (χ0) is 13.3. The Morgan fingerprint density at radius 2 is 2.28 bits per heavy atom. The average Bonchev–Trinajstić information content (AvgIpc) is 2.39. The number of nitrogens with zero attached hydrogens (tertiary/aromatic N) is 1. The first kappa shape index (κ1) is 12.6. The van der Waals surface area contributed by atoms with E-state index in [2.05, 4.69) is 0 Å². The predicted octanol–water partition coefficient (Wildman–Crippen LogP) is 2.72. The lowest BCUT2D eigenvalue weighted by Crippen LogP contribution is -2.38. The third-order valence-electron chi connectivity index (χ3n) is 2.87. The van der Waals surface area contributed by atoms with Gasteiger partial charge in [-0.15, -0.1) is 0 Å². The van der Waals surface area contributed by atoms with Crippen molar-refractivity contribution in [1.29, 1.82) is 0 Å². The van der Waals surface area contributed by atoms with Gasteiger partial charge in [-0.1, -0.05) is 18.5 Å². The fraction of sp³-hybridized carbons (Fsp3) is 0.231. The minimum absolute atomic E-state index is 0.0939. The molecule has 1 heterocycles. The highest BCUT2D eigenvalue weighted by Crippen LogP contribution is 2.31. The summed E-state index contributed by atoms with van der Waals surface area (Å²) >= 11 is 5.86. The van der Waals surface area contributed by atoms with Gasteiger partial charge in [-0.05, 0) is 18.2 Å². The molecule has 0 saturated heterocycles. The lowest BCUT2D eigenvalue weighted by Gasteiger charge is -2.29. The van der Waals surface area contributed by atoms with Crippen LogP contribution >= 0.6 is 11.6 Å². The van der Waals surface area contributed by atoms with Crippen LogP contribution in [0.1, 0.15) is 23.7 Å². The first-order chi connectivity index (χ1) is 8.58. The molecule has 1 aromatic rings. The molecule has 18 heavy (non-hydrogen) atoms. The number of aliphatic hydroxyl groups is 1. The van der Waals surface area contributed by atoms with E-state index in [1.54, 1.807) is 19.1 Å². The van der Waals surface area contributed by atoms with Crippen LogP contribution in [-0.2, 0) is 4.79 Å². The second-order valence-corrected chi connectivity index (χ2v) is 4.41. The first-order valence-corrected chi connectivity index (χ1v) is 5.94. The van der Waals surface area contributed by atoms with Gasteiger partial charge in [0, 0.05) is 17.0 Å². The molecular weight excluding hydrogens is 254 g/mol. The third-order valence-corrected chi connectivity index (χ3v) is 3.11. The highest BCUT2D eigenvalue weighted by molar-refractivity contribution is 6.31. The monoisotopic (exact) mass is 265 g/mol. The Morgan fingerprint density at radius 1 is 1.56 bits per heavy atom. The molecule has 1 aliphatic heterocycles. The molecule has 1 N–H and O–H groups in total. The first-order valence-electron chi connectivity index (χ1n) is 5.56. The fourth-order valence-corrected chi connectivity index (χ4v) is 2.11. The van der Waals surface area contributed by atoms with Crippen molar-refractivity contribution in [2.75, 3.05) is 11.4 Å². The van der Waals surface area contributed by atoms with Gasteiger partial charge in [-0.2, -0.15) is 0 Å². The van der Waals surface area contributed by atoms with Crippen LogP contribution in [0.4, 0.5) is 5.69 Å². The van der Waals surface area contributed by atoms with Crippen molar-refractivity contribution in [2.24, 2.45) is 0 Å². The van der Waals surface area contributed by atoms with E-state index < -0.39 is 0 Å². The van der Waals surface area contributed by atoms with Gasteiger partial charge in [0.1, 0.15) is 0 Å². The Morgan fingerprint density at radius 3 is 2.89 bits per heavy atom. The summed E-state index contributed by atoms with van der Waals surface area (Å²) in [7, 11) is 0. The van der Waals surface area contributed by atoms with E-state index >= 15 is 0 Å². The topological polar surface area (TPSA) is 57.6 Å². The summed E-state index contributed by atoms with van der Waals surface area (Å²) in [5.41, 5.74) is 1.07. The summed E-state index contributed by atoms with van der Waals surface area (Å²) in [5.74, 6) is -0.402. The maximum absolute atomic E-state index is 12.0. The highest BCUT2D eigenvalue weighted by atomic mass is 35.5. The van der Waals surface area contributed by atoms with Crippen LogP contribution in [0.15, 0.2) is 30.0 Å². The molecule has 0 radical (unpaired) electrons. The lowest BCUT2D eigenvalue weighted by atomic mass is 9.96. The van der Waals surface area contributed by atoms with Crippen LogP contribution in [0.25, 0.3) is 0 Å². The third kappa shape index (κ3) is 1.99. The van der Waals surface area contributed by atoms with Gasteiger partial charge in [-0.25, -0.2) is 0 Å². The standard InChI is InChI=1S/C13H12ClNO3/c1-2-12(17)15-6-8(7-16)13(18)10-5-9(14)3-4-11(10)15/h3-5,7,16H,2,6H2,1H3. The largest absolute Gasteiger partial charge is 0.515 e. The van der Waals surface area contributed by atoms with Crippen LogP contribution < -0.4 is 4.90 Å². The zero-order valence-corrected chi connectivity index (χ0v) is 10.6. The lowest BCUT2D eigenvalue weighted by molar-refractivity contribution is -0.118. The molecular formula is C13H12ClNO3. The number of carbonyl (C=O) groups is 2. The van der Waals surface area contributed by atoms with Crippen LogP contribution in [0, 0.1) is 0 Å². The molecule has 0 bridgehead atoms. The van der Waals surface area contributed by atoms with E-state index in [-0.39, 0.29) is 23.8 Å². The summed E-state index contributed by atoms with van der Waals surface area (Å²) in [6, 6.07) is 4.80. The molecule has 2 rings (SSSR count). The second-order valence-electron chi connectivity index (χ2n) is 3.98. The SMILES string of the molecule is CCC(=O)N1CC(=CO)C(=O)c2cc(Cl)ccc21. The van der Waals surface area contributed by atoms with Crippen LogP contribution in [0.3, 0.4) is 0 Å². The Labute approximate surface area is 109 Å². The number of amides is 1. The molecule has 1 amide bonds. The molecule has 1 aliphatic rings. The van der Waals surface area contributed by atoms with Crippen molar-refractivity contribution < 1.29 is 14.7 Å². The van der Waals surface area contributed by atoms with Gasteiger partial charge in [0.25, 0.3) is 0 Å². The number of aliphatic hydroxyl groups excluding tert-OH is 1. The van der Waals surface area contributed by atoms with Gasteiger partial charge in [-0.3, -0.25) is 9.59 Å². The number of hydrogen-bond donors (Lipinski definition) is 1. The van der Waals surface area contributed by atoms with Crippen molar-refractivity contribution in [3.05, 3.63) is 40.6 Å². The van der Waals surface area contributed by atoms with Gasteiger partial charge >= 0.3 is 0 Å². The van der Waals surface area contributed by atoms with E-state index in [0.717, 1.165) is 6.26 Å². The van der Waals surface area contributed by atoms with Crippen molar-refractivity contribution in [3.8, 4) is 0 Å². The molecule has 0 aromatic heterocycles. The molecule has 0 fully saturated rings. The number of benzene rings is 1. The Kier molecular flexibility index (Phi) is 3.39. The number of rotatable bonds is 1. The van der Waals surface area contributed by atoms with Gasteiger partial charge in [0.15, 0.2) is 5.78 Å². The average molecular weight is 266 g/mol. The molecule has 4 nitrogen and oxygen atoms in total. The number of hydrogen-bond acceptors (Lipinski definition) is 3. The number of anilines is 1. The molecule has 1 aromatic carbocycles. The van der Waals surface area contributed by atoms with E-state index in [0.29, 0.717) is 22.7 Å². The Bertz CT molecular complexity index is 551. The number of Topliss-reactive ketones (excluding diaryl/α,β-unsaturated/α-hetero) is 1. The van der Waals surface area contributed by atoms with Crippen LogP contribution in [0.5, 0.6) is 0 Å². The fourth-order valence-electron chi connectivity index (χ4n) is 1.94. The maximum Gasteiger partial charge on any atom is 0.227 e. The van der Waals surface area contributed by atoms with Crippen molar-refractivity contribution in [2.45, 2.75) is 13.3 Å². The highest BCUT2D eigenvalue weighted by Gasteiger charge is 2.30. The minimum atomic E-state index is -0.296. The molecule has 0 spiro atoms. The molecule has 0 aliphatic carbocycles. The Balaban J connectivity index is 2.59. The van der Waals surface area contributed by atoms with E-state index in [4.69, 9.17) is 16.7 Å². The maximum atomic E-state index is 12.0. The summed E-state index contributed by atoms with van der Waals surface area (Å²) in [4.78, 5) is 25.4. The summed E-state index contributed by atoms with van der Waals surface area (Å²) in [6.07, 6.45) is 1.08. The molecule has 94 valence electrons. The van der Waals surface area contributed by atoms with Crippen LogP contribution in [-0.4, -0.2) is 23.3 Å². The summed E-state index contributed by atoms with van der Waals surface area (Å²) < 4.78 is 0. The summed E-state index contributed by atoms with van der Waals surface area (Å²) in [5, 5.41) is 9.50. The second kappa shape index (κ2) is 4.82. The Hall–Kier alpha value is -1.81. The number of fused-ring (bicyclic) bond motifs is 1. The minimum Gasteiger partial charge on any atom is -0.515 e. The van der Waals surface area contributed by atoms with Gasteiger partial charge in [0.2, 0.25) is 5.91 Å². The molecule has 0 saturated carbocycles. The predicted molar refractivity (Wildman–Crippen MR) is 69.1 cm³/mol. The molecule has 5 heteroatoms. The van der Waals surface area contributed by atoms with Crippen LogP contribution in [0.2, 0.25) is 5.02 Å². The van der Waals surface area contributed by atoms with Crippen molar-refractivity contribution in [1.82, 2.24) is 0 Å².